The zero-order chi connectivity index (χ0) is 33.8. The summed E-state index contributed by atoms with van der Waals surface area (Å²) >= 11 is 0. The Morgan fingerprint density at radius 2 is 1.15 bits per heavy atom. The predicted molar refractivity (Wildman–Crippen MR) is 192 cm³/mol. The smallest absolute Gasteiger partial charge is 0.167 e. The molecule has 1 aromatic heterocycles. The van der Waals surface area contributed by atoms with Crippen LogP contribution < -0.4 is 9.47 Å². The first-order chi connectivity index (χ1) is 22.8. The van der Waals surface area contributed by atoms with Crippen molar-refractivity contribution in [2.45, 2.75) is 106 Å². The maximum Gasteiger partial charge on any atom is 0.167 e. The molecule has 0 amide bonds. The topological polar surface area (TPSA) is 97.6 Å². The minimum absolute atomic E-state index is 0.0355. The number of benzene rings is 2. The van der Waals surface area contributed by atoms with E-state index in [0.29, 0.717) is 71.1 Å². The molecule has 2 N–H and O–H groups in total. The highest BCUT2D eigenvalue weighted by Gasteiger charge is 2.20. The first kappa shape index (κ1) is 36.0. The van der Waals surface area contributed by atoms with E-state index in [1.807, 2.05) is 12.1 Å². The van der Waals surface area contributed by atoms with E-state index in [0.717, 1.165) is 44.1 Å². The number of phenolic OH excluding ortho intramolecular Hbond substituents is 2. The normalized spacial score (nSPS) is 14.4. The monoisotopic (exact) mass is 641 g/mol. The molecule has 1 heterocycles. The predicted octanol–water partition coefficient (Wildman–Crippen LogP) is 10.6. The maximum atomic E-state index is 11.2. The van der Waals surface area contributed by atoms with Crippen molar-refractivity contribution in [2.24, 2.45) is 17.8 Å². The van der Waals surface area contributed by atoms with Gasteiger partial charge in [0.15, 0.2) is 17.5 Å². The van der Waals surface area contributed by atoms with Crippen LogP contribution in [0.4, 0.5) is 0 Å². The van der Waals surface area contributed by atoms with Gasteiger partial charge in [-0.2, -0.15) is 0 Å². The van der Waals surface area contributed by atoms with Gasteiger partial charge < -0.3 is 19.7 Å². The number of hydrogen-bond acceptors (Lipinski definition) is 7. The molecule has 7 heteroatoms. The van der Waals surface area contributed by atoms with Gasteiger partial charge in [0.2, 0.25) is 0 Å². The Balaban J connectivity index is 1.65. The van der Waals surface area contributed by atoms with Crippen LogP contribution in [0.2, 0.25) is 0 Å². The number of allylic oxidation sites excluding steroid dienone is 4. The zero-order valence-electron chi connectivity index (χ0n) is 29.4. The summed E-state index contributed by atoms with van der Waals surface area (Å²) in [5, 5.41) is 22.3. The summed E-state index contributed by atoms with van der Waals surface area (Å²) in [5.41, 5.74) is 3.35. The molecule has 0 fully saturated rings. The van der Waals surface area contributed by atoms with Gasteiger partial charge in [0.1, 0.15) is 23.0 Å². The quantitative estimate of drug-likeness (QED) is 0.143. The van der Waals surface area contributed by atoms with Crippen molar-refractivity contribution >= 4 is 5.57 Å². The lowest BCUT2D eigenvalue weighted by atomic mass is 9.91. The van der Waals surface area contributed by atoms with Crippen LogP contribution in [-0.2, 0) is 0 Å². The van der Waals surface area contributed by atoms with Crippen LogP contribution in [-0.4, -0.2) is 38.4 Å². The Hall–Kier alpha value is -3.87. The lowest BCUT2D eigenvalue weighted by molar-refractivity contribution is 0.232. The lowest BCUT2D eigenvalue weighted by Gasteiger charge is -2.18. The van der Waals surface area contributed by atoms with Crippen molar-refractivity contribution in [3.63, 3.8) is 0 Å². The molecule has 1 aliphatic carbocycles. The number of aromatic hydroxyl groups is 2. The summed E-state index contributed by atoms with van der Waals surface area (Å²) in [6.45, 7) is 14.4. The third-order valence-electron chi connectivity index (χ3n) is 9.32. The van der Waals surface area contributed by atoms with Gasteiger partial charge in [0.05, 0.1) is 24.3 Å². The Labute approximate surface area is 282 Å². The molecule has 7 nitrogen and oxygen atoms in total. The van der Waals surface area contributed by atoms with Crippen LogP contribution in [0.1, 0.15) is 112 Å². The van der Waals surface area contributed by atoms with Crippen molar-refractivity contribution in [3.8, 4) is 45.8 Å². The average Bonchev–Trinajstić information content (AvgIpc) is 3.08. The second-order valence-corrected chi connectivity index (χ2v) is 13.2. The SMILES string of the molecule is CCCCC(CC)COc1ccc(-c2nc(C3=CC=C(C(C)C)CC3)nc(-c3ccc(OCC(CC)CCCC)cc3O)n2)c(O)c1. The van der Waals surface area contributed by atoms with E-state index in [9.17, 15) is 10.2 Å². The fraction of sp³-hybridized carbons (Fsp3) is 0.525. The molecular weight excluding hydrogens is 586 g/mol. The number of aromatic nitrogens is 3. The fourth-order valence-corrected chi connectivity index (χ4v) is 5.89. The van der Waals surface area contributed by atoms with E-state index in [2.05, 4.69) is 53.7 Å². The molecular formula is C40H55N3O4. The third-order valence-corrected chi connectivity index (χ3v) is 9.32. The van der Waals surface area contributed by atoms with Crippen LogP contribution in [0.25, 0.3) is 28.3 Å². The molecule has 2 unspecified atom stereocenters. The number of phenols is 2. The Morgan fingerprint density at radius 3 is 1.53 bits per heavy atom. The van der Waals surface area contributed by atoms with E-state index in [-0.39, 0.29) is 11.5 Å². The van der Waals surface area contributed by atoms with Gasteiger partial charge in [-0.05, 0) is 73.3 Å². The van der Waals surface area contributed by atoms with Crippen molar-refractivity contribution in [3.05, 3.63) is 59.9 Å². The van der Waals surface area contributed by atoms with E-state index in [4.69, 9.17) is 24.4 Å². The molecule has 4 rings (SSSR count). The first-order valence-corrected chi connectivity index (χ1v) is 17.8. The van der Waals surface area contributed by atoms with Crippen LogP contribution in [0, 0.1) is 17.8 Å². The fourth-order valence-electron chi connectivity index (χ4n) is 5.89. The highest BCUT2D eigenvalue weighted by Crippen LogP contribution is 2.37. The van der Waals surface area contributed by atoms with Gasteiger partial charge >= 0.3 is 0 Å². The van der Waals surface area contributed by atoms with E-state index in [1.165, 1.54) is 31.3 Å². The van der Waals surface area contributed by atoms with E-state index < -0.39 is 0 Å². The number of unbranched alkanes of at least 4 members (excludes halogenated alkanes) is 2. The van der Waals surface area contributed by atoms with Crippen LogP contribution in [0.5, 0.6) is 23.0 Å². The molecule has 0 bridgehead atoms. The summed E-state index contributed by atoms with van der Waals surface area (Å²) in [6.07, 6.45) is 15.1. The first-order valence-electron chi connectivity index (χ1n) is 17.8. The van der Waals surface area contributed by atoms with Gasteiger partial charge in [-0.3, -0.25) is 0 Å². The number of nitrogens with zero attached hydrogens (tertiary/aromatic N) is 3. The number of hydrogen-bond donors (Lipinski definition) is 2. The second-order valence-electron chi connectivity index (χ2n) is 13.2. The summed E-state index contributed by atoms with van der Waals surface area (Å²) in [4.78, 5) is 14.4. The molecule has 0 aliphatic heterocycles. The summed E-state index contributed by atoms with van der Waals surface area (Å²) in [6, 6.07) is 10.6. The molecule has 2 aromatic carbocycles. The minimum atomic E-state index is 0.0355. The molecule has 1 aliphatic rings. The second kappa shape index (κ2) is 17.9. The summed E-state index contributed by atoms with van der Waals surface area (Å²) in [7, 11) is 0. The molecule has 47 heavy (non-hydrogen) atoms. The van der Waals surface area contributed by atoms with E-state index >= 15 is 0 Å². The Morgan fingerprint density at radius 1 is 0.660 bits per heavy atom. The highest BCUT2D eigenvalue weighted by molar-refractivity contribution is 5.73. The molecule has 0 radical (unpaired) electrons. The van der Waals surface area contributed by atoms with Gasteiger partial charge in [0, 0.05) is 12.1 Å². The number of ether oxygens (including phenoxy) is 2. The number of rotatable bonds is 18. The minimum Gasteiger partial charge on any atom is -0.507 e. The van der Waals surface area contributed by atoms with Crippen molar-refractivity contribution in [1.29, 1.82) is 0 Å². The van der Waals surface area contributed by atoms with Gasteiger partial charge in [-0.1, -0.05) is 97.8 Å². The molecule has 0 spiro atoms. The summed E-state index contributed by atoms with van der Waals surface area (Å²) in [5.74, 6) is 3.96. The van der Waals surface area contributed by atoms with Gasteiger partial charge in [0.25, 0.3) is 0 Å². The molecule has 0 saturated carbocycles. The van der Waals surface area contributed by atoms with E-state index in [1.54, 1.807) is 24.3 Å². The maximum absolute atomic E-state index is 11.2. The average molecular weight is 642 g/mol. The Bertz CT molecular complexity index is 1430. The van der Waals surface area contributed by atoms with Gasteiger partial charge in [-0.15, -0.1) is 0 Å². The van der Waals surface area contributed by atoms with Crippen LogP contribution >= 0.6 is 0 Å². The molecule has 3 aromatic rings. The molecule has 2 atom stereocenters. The standard InChI is InChI=1S/C40H55N3O4/c1-7-11-13-28(9-3)25-46-32-19-21-34(36(44)23-32)39-41-38(31-17-15-30(16-18-31)27(5)6)42-40(43-39)35-22-20-33(24-37(35)45)47-26-29(10-4)14-12-8-2/h15,17,19-24,27-29,44-45H,7-14,16,18,25-26H2,1-6H3. The highest BCUT2D eigenvalue weighted by atomic mass is 16.5. The largest absolute Gasteiger partial charge is 0.507 e. The molecule has 0 saturated heterocycles. The van der Waals surface area contributed by atoms with Crippen LogP contribution in [0.3, 0.4) is 0 Å². The molecule has 254 valence electrons. The summed E-state index contributed by atoms with van der Waals surface area (Å²) < 4.78 is 12.2. The van der Waals surface area contributed by atoms with Crippen LogP contribution in [0.15, 0.2) is 54.1 Å². The van der Waals surface area contributed by atoms with Gasteiger partial charge in [-0.25, -0.2) is 15.0 Å². The van der Waals surface area contributed by atoms with Crippen molar-refractivity contribution in [2.75, 3.05) is 13.2 Å². The Kier molecular flexibility index (Phi) is 13.7. The lowest BCUT2D eigenvalue weighted by Crippen LogP contribution is -2.11. The van der Waals surface area contributed by atoms with Crippen molar-refractivity contribution in [1.82, 2.24) is 15.0 Å². The zero-order valence-corrected chi connectivity index (χ0v) is 29.4. The van der Waals surface area contributed by atoms with Crippen molar-refractivity contribution < 1.29 is 19.7 Å². The third kappa shape index (κ3) is 10.1.